The third kappa shape index (κ3) is 5.73. The highest BCUT2D eigenvalue weighted by atomic mass is 16.5. The molecule has 1 aliphatic carbocycles. The van der Waals surface area contributed by atoms with E-state index in [0.29, 0.717) is 30.8 Å². The molecule has 1 aliphatic rings. The van der Waals surface area contributed by atoms with Crippen molar-refractivity contribution in [2.45, 2.75) is 38.5 Å². The number of hydrogen-bond donors (Lipinski definition) is 2. The molecule has 0 saturated heterocycles. The molecule has 1 amide bonds. The van der Waals surface area contributed by atoms with Gasteiger partial charge in [0.15, 0.2) is 11.4 Å². The smallest absolute Gasteiger partial charge is 0.279 e. The molecule has 2 aromatic heterocycles. The van der Waals surface area contributed by atoms with Gasteiger partial charge < -0.3 is 15.4 Å². The van der Waals surface area contributed by atoms with Gasteiger partial charge in [0.1, 0.15) is 12.4 Å². The van der Waals surface area contributed by atoms with Crippen LogP contribution in [0.4, 0.5) is 5.82 Å². The topological polar surface area (TPSA) is 76.1 Å². The molecule has 0 saturated carbocycles. The summed E-state index contributed by atoms with van der Waals surface area (Å²) in [7, 11) is 0. The Labute approximate surface area is 205 Å². The van der Waals surface area contributed by atoms with E-state index in [1.807, 2.05) is 42.5 Å². The van der Waals surface area contributed by atoms with Crippen LogP contribution in [0.1, 0.15) is 51.6 Å². The van der Waals surface area contributed by atoms with Gasteiger partial charge >= 0.3 is 0 Å². The summed E-state index contributed by atoms with van der Waals surface area (Å²) in [6, 6.07) is 26.2. The fourth-order valence-corrected chi connectivity index (χ4v) is 4.45. The van der Waals surface area contributed by atoms with Crippen LogP contribution >= 0.6 is 0 Å². The van der Waals surface area contributed by atoms with Crippen LogP contribution in [0.25, 0.3) is 0 Å². The van der Waals surface area contributed by atoms with Crippen LogP contribution in [0, 0.1) is 0 Å². The Hall–Kier alpha value is -4.03. The van der Waals surface area contributed by atoms with Gasteiger partial charge in [0.25, 0.3) is 5.91 Å². The van der Waals surface area contributed by atoms with E-state index in [1.54, 1.807) is 24.5 Å². The Morgan fingerprint density at radius 1 is 0.914 bits per heavy atom. The predicted octanol–water partition coefficient (Wildman–Crippen LogP) is 5.48. The van der Waals surface area contributed by atoms with Gasteiger partial charge in [-0.15, -0.1) is 0 Å². The number of hydrogen-bond acceptors (Lipinski definition) is 5. The van der Waals surface area contributed by atoms with Crippen LogP contribution in [0.15, 0.2) is 91.3 Å². The highest BCUT2D eigenvalue weighted by molar-refractivity contribution is 6.04. The number of ether oxygens (including phenoxy) is 1. The highest BCUT2D eigenvalue weighted by Crippen LogP contribution is 2.29. The normalized spacial score (nSPS) is 14.7. The summed E-state index contributed by atoms with van der Waals surface area (Å²) in [6.45, 7) is 1.05. The van der Waals surface area contributed by atoms with Crippen molar-refractivity contribution in [2.24, 2.45) is 0 Å². The number of benzene rings is 2. The van der Waals surface area contributed by atoms with Crippen LogP contribution in [-0.2, 0) is 19.6 Å². The number of pyridine rings is 2. The molecule has 6 nitrogen and oxygen atoms in total. The van der Waals surface area contributed by atoms with E-state index >= 15 is 0 Å². The minimum atomic E-state index is -0.354. The lowest BCUT2D eigenvalue weighted by atomic mass is 9.87. The predicted molar refractivity (Wildman–Crippen MR) is 136 cm³/mol. The van der Waals surface area contributed by atoms with Crippen LogP contribution in [0.5, 0.6) is 5.75 Å². The number of rotatable bonds is 8. The van der Waals surface area contributed by atoms with Crippen molar-refractivity contribution in [1.82, 2.24) is 15.3 Å². The van der Waals surface area contributed by atoms with E-state index in [9.17, 15) is 4.79 Å². The number of amides is 1. The molecule has 5 rings (SSSR count). The van der Waals surface area contributed by atoms with Crippen LogP contribution in [-0.4, -0.2) is 15.9 Å². The van der Waals surface area contributed by atoms with Gasteiger partial charge in [0, 0.05) is 25.0 Å². The van der Waals surface area contributed by atoms with Crippen molar-refractivity contribution in [3.05, 3.63) is 119 Å². The largest absolute Gasteiger partial charge is 0.486 e. The first kappa shape index (κ1) is 22.7. The van der Waals surface area contributed by atoms with E-state index in [1.165, 1.54) is 17.5 Å². The molecule has 4 aromatic rings. The van der Waals surface area contributed by atoms with E-state index in [0.717, 1.165) is 24.0 Å². The lowest BCUT2D eigenvalue weighted by molar-refractivity contribution is 0.101. The quantitative estimate of drug-likeness (QED) is 0.361. The molecule has 6 heteroatoms. The Balaban J connectivity index is 1.23. The minimum Gasteiger partial charge on any atom is -0.486 e. The number of nitrogens with zero attached hydrogens (tertiary/aromatic N) is 2. The molecule has 0 spiro atoms. The Morgan fingerprint density at radius 3 is 2.69 bits per heavy atom. The molecule has 2 aromatic carbocycles. The first-order valence-electron chi connectivity index (χ1n) is 12.0. The monoisotopic (exact) mass is 464 g/mol. The fourth-order valence-electron chi connectivity index (χ4n) is 4.45. The lowest BCUT2D eigenvalue weighted by Crippen LogP contribution is -2.25. The Morgan fingerprint density at radius 2 is 1.77 bits per heavy atom. The fraction of sp³-hybridized carbons (Fsp3) is 0.207. The number of carbonyl (C=O) groups is 1. The summed E-state index contributed by atoms with van der Waals surface area (Å²) in [5, 5.41) is 6.55. The van der Waals surface area contributed by atoms with Gasteiger partial charge in [-0.3, -0.25) is 4.79 Å². The van der Waals surface area contributed by atoms with Crippen LogP contribution in [0.3, 0.4) is 0 Å². The van der Waals surface area contributed by atoms with Crippen molar-refractivity contribution < 1.29 is 9.53 Å². The maximum Gasteiger partial charge on any atom is 0.279 e. The second-order valence-electron chi connectivity index (χ2n) is 8.65. The Bertz CT molecular complexity index is 1290. The summed E-state index contributed by atoms with van der Waals surface area (Å²) in [5.41, 5.74) is 5.12. The first-order chi connectivity index (χ1) is 17.3. The SMILES string of the molecule is O=C(Nc1cc(CNC2CCCc3ccccc32)ccn1)c1ncccc1OCc1ccccc1. The molecule has 0 radical (unpaired) electrons. The molecular weight excluding hydrogens is 436 g/mol. The lowest BCUT2D eigenvalue weighted by Gasteiger charge is -2.26. The van der Waals surface area contributed by atoms with Crippen molar-refractivity contribution in [3.8, 4) is 5.75 Å². The zero-order chi connectivity index (χ0) is 23.9. The van der Waals surface area contributed by atoms with E-state index in [2.05, 4.69) is 44.9 Å². The standard InChI is InChI=1S/C29H28N4O2/c34-29(28-26(14-7-16-31-28)35-20-21-8-2-1-3-9-21)33-27-18-22(15-17-30-27)19-32-25-13-6-11-23-10-4-5-12-24(23)25/h1-5,7-10,12,14-18,25,32H,6,11,13,19-20H2,(H,30,33,34). The summed E-state index contributed by atoms with van der Waals surface area (Å²) in [6.07, 6.45) is 6.75. The molecule has 1 atom stereocenters. The summed E-state index contributed by atoms with van der Waals surface area (Å²) < 4.78 is 5.89. The number of anilines is 1. The third-order valence-electron chi connectivity index (χ3n) is 6.21. The molecule has 0 bridgehead atoms. The number of nitrogens with one attached hydrogen (secondary N) is 2. The third-order valence-corrected chi connectivity index (χ3v) is 6.21. The average molecular weight is 465 g/mol. The van der Waals surface area contributed by atoms with Crippen LogP contribution in [0.2, 0.25) is 0 Å². The number of fused-ring (bicyclic) bond motifs is 1. The minimum absolute atomic E-state index is 0.229. The number of carbonyl (C=O) groups excluding carboxylic acids is 1. The Kier molecular flexibility index (Phi) is 7.10. The molecule has 2 N–H and O–H groups in total. The summed E-state index contributed by atoms with van der Waals surface area (Å²) in [4.78, 5) is 21.6. The second-order valence-corrected chi connectivity index (χ2v) is 8.65. The zero-order valence-corrected chi connectivity index (χ0v) is 19.5. The van der Waals surface area contributed by atoms with E-state index in [4.69, 9.17) is 4.74 Å². The van der Waals surface area contributed by atoms with E-state index < -0.39 is 0 Å². The molecule has 1 unspecified atom stereocenters. The van der Waals surface area contributed by atoms with Crippen LogP contribution < -0.4 is 15.4 Å². The summed E-state index contributed by atoms with van der Waals surface area (Å²) >= 11 is 0. The zero-order valence-electron chi connectivity index (χ0n) is 19.5. The van der Waals surface area contributed by atoms with E-state index in [-0.39, 0.29) is 11.6 Å². The number of aromatic nitrogens is 2. The number of aryl methyl sites for hydroxylation is 1. The van der Waals surface area contributed by atoms with Crippen molar-refractivity contribution in [3.63, 3.8) is 0 Å². The van der Waals surface area contributed by atoms with Gasteiger partial charge in [-0.2, -0.15) is 0 Å². The summed E-state index contributed by atoms with van der Waals surface area (Å²) in [5.74, 6) is 0.563. The molecular formula is C29H28N4O2. The van der Waals surface area contributed by atoms with Crippen molar-refractivity contribution in [1.29, 1.82) is 0 Å². The maximum atomic E-state index is 13.0. The first-order valence-corrected chi connectivity index (χ1v) is 12.0. The molecule has 0 fully saturated rings. The van der Waals surface area contributed by atoms with Gasteiger partial charge in [-0.1, -0.05) is 54.6 Å². The van der Waals surface area contributed by atoms with Gasteiger partial charge in [-0.05, 0) is 65.8 Å². The maximum absolute atomic E-state index is 13.0. The van der Waals surface area contributed by atoms with Crippen molar-refractivity contribution >= 4 is 11.7 Å². The van der Waals surface area contributed by atoms with Crippen molar-refractivity contribution in [2.75, 3.05) is 5.32 Å². The molecule has 2 heterocycles. The van der Waals surface area contributed by atoms with Gasteiger partial charge in [0.05, 0.1) is 0 Å². The van der Waals surface area contributed by atoms with Gasteiger partial charge in [0.2, 0.25) is 0 Å². The van der Waals surface area contributed by atoms with Gasteiger partial charge in [-0.25, -0.2) is 9.97 Å². The molecule has 35 heavy (non-hydrogen) atoms. The average Bonchev–Trinajstić information content (AvgIpc) is 2.91. The molecule has 176 valence electrons. The second kappa shape index (κ2) is 10.9. The molecule has 0 aliphatic heterocycles. The highest BCUT2D eigenvalue weighted by Gasteiger charge is 2.19.